The number of carboxylic acids is 1. The lowest BCUT2D eigenvalue weighted by Crippen LogP contribution is -2.47. The molecule has 34 heavy (non-hydrogen) atoms. The first kappa shape index (κ1) is 22.6. The van der Waals surface area contributed by atoms with Crippen molar-refractivity contribution in [2.45, 2.75) is 13.2 Å². The van der Waals surface area contributed by atoms with Gasteiger partial charge in [0, 0.05) is 6.61 Å². The van der Waals surface area contributed by atoms with Crippen molar-refractivity contribution in [2.24, 2.45) is 5.10 Å². The summed E-state index contributed by atoms with van der Waals surface area (Å²) in [5, 5.41) is 37.2. The first-order valence-corrected chi connectivity index (χ1v) is 10.2. The number of amides is 2. The predicted molar refractivity (Wildman–Crippen MR) is 121 cm³/mol. The van der Waals surface area contributed by atoms with Crippen LogP contribution in [-0.2, 0) is 14.3 Å². The fourth-order valence-corrected chi connectivity index (χ4v) is 3.63. The molecule has 0 spiro atoms. The number of carboxylic acid groups (broad SMARTS) is 2. The summed E-state index contributed by atoms with van der Waals surface area (Å²) >= 11 is 0. The number of para-hydroxylation sites is 2. The van der Waals surface area contributed by atoms with E-state index in [1.807, 2.05) is 0 Å². The van der Waals surface area contributed by atoms with Crippen LogP contribution in [0.5, 0.6) is 0 Å². The van der Waals surface area contributed by atoms with Gasteiger partial charge in [-0.05, 0) is 37.3 Å². The van der Waals surface area contributed by atoms with Crippen LogP contribution in [0.3, 0.4) is 0 Å². The number of hydrazine groups is 1. The average Bonchev–Trinajstić information content (AvgIpc) is 3.30. The molecule has 2 heterocycles. The predicted octanol–water partition coefficient (Wildman–Crippen LogP) is 2.95. The SMILES string of the molecule is CCOC1C(C=C2C(=O)N(c3ccccc3)N=C2C(=O)O)=C(O)N(c2ccccc2)N1C(=O)O. The lowest BCUT2D eigenvalue weighted by molar-refractivity contribution is -0.129. The summed E-state index contributed by atoms with van der Waals surface area (Å²) in [5.74, 6) is -2.74. The van der Waals surface area contributed by atoms with Crippen LogP contribution >= 0.6 is 0 Å². The van der Waals surface area contributed by atoms with E-state index in [9.17, 15) is 29.7 Å². The maximum atomic E-state index is 13.1. The topological polar surface area (TPSA) is 143 Å². The zero-order valence-electron chi connectivity index (χ0n) is 17.9. The Morgan fingerprint density at radius 3 is 2.15 bits per heavy atom. The van der Waals surface area contributed by atoms with Crippen molar-refractivity contribution < 1.29 is 34.4 Å². The van der Waals surface area contributed by atoms with E-state index in [0.717, 1.165) is 21.1 Å². The molecule has 3 N–H and O–H groups in total. The van der Waals surface area contributed by atoms with Gasteiger partial charge in [-0.2, -0.15) is 15.1 Å². The number of aliphatic carboxylic acids is 1. The van der Waals surface area contributed by atoms with Crippen LogP contribution in [0.25, 0.3) is 0 Å². The number of aliphatic hydroxyl groups excluding tert-OH is 1. The fourth-order valence-electron chi connectivity index (χ4n) is 3.63. The minimum absolute atomic E-state index is 0.0704. The van der Waals surface area contributed by atoms with Gasteiger partial charge in [-0.1, -0.05) is 36.4 Å². The van der Waals surface area contributed by atoms with E-state index in [0.29, 0.717) is 11.4 Å². The lowest BCUT2D eigenvalue weighted by atomic mass is 10.1. The van der Waals surface area contributed by atoms with E-state index in [-0.39, 0.29) is 17.8 Å². The number of anilines is 2. The molecule has 2 aromatic rings. The Hall–Kier alpha value is -4.64. The number of carbonyl (C=O) groups is 3. The molecule has 2 aromatic carbocycles. The number of hydrogen-bond donors (Lipinski definition) is 3. The molecule has 0 saturated heterocycles. The third-order valence-electron chi connectivity index (χ3n) is 5.06. The summed E-state index contributed by atoms with van der Waals surface area (Å²) in [6.45, 7) is 1.70. The second kappa shape index (κ2) is 9.08. The summed E-state index contributed by atoms with van der Waals surface area (Å²) in [4.78, 5) is 37.1. The van der Waals surface area contributed by atoms with Crippen molar-refractivity contribution in [1.29, 1.82) is 0 Å². The molecular weight excluding hydrogens is 444 g/mol. The van der Waals surface area contributed by atoms with Gasteiger partial charge in [0.2, 0.25) is 5.88 Å². The highest BCUT2D eigenvalue weighted by molar-refractivity contribution is 6.52. The summed E-state index contributed by atoms with van der Waals surface area (Å²) in [6, 6.07) is 16.4. The number of aliphatic hydroxyl groups is 1. The number of hydrogen-bond acceptors (Lipinski definition) is 7. The van der Waals surface area contributed by atoms with E-state index < -0.39 is 35.8 Å². The number of rotatable bonds is 6. The molecule has 11 heteroatoms. The largest absolute Gasteiger partial charge is 0.493 e. The van der Waals surface area contributed by atoms with Crippen LogP contribution in [0, 0.1) is 0 Å². The second-order valence-corrected chi connectivity index (χ2v) is 7.13. The quantitative estimate of drug-likeness (QED) is 0.554. The number of nitrogens with zero attached hydrogens (tertiary/aromatic N) is 4. The van der Waals surface area contributed by atoms with Crippen LogP contribution in [0.4, 0.5) is 16.2 Å². The molecule has 1 atom stereocenters. The number of ether oxygens (including phenoxy) is 1. The number of carbonyl (C=O) groups excluding carboxylic acids is 1. The molecule has 0 aromatic heterocycles. The molecule has 174 valence electrons. The molecular formula is C23H20N4O7. The van der Waals surface area contributed by atoms with Crippen LogP contribution in [-0.4, -0.2) is 56.8 Å². The van der Waals surface area contributed by atoms with E-state index >= 15 is 0 Å². The Balaban J connectivity index is 1.85. The zero-order valence-corrected chi connectivity index (χ0v) is 17.9. The summed E-state index contributed by atoms with van der Waals surface area (Å²) in [5.41, 5.74) is -0.331. The van der Waals surface area contributed by atoms with Crippen molar-refractivity contribution in [3.8, 4) is 0 Å². The number of hydrazone groups is 1. The van der Waals surface area contributed by atoms with Gasteiger partial charge >= 0.3 is 12.1 Å². The van der Waals surface area contributed by atoms with Crippen molar-refractivity contribution in [2.75, 3.05) is 16.6 Å². The van der Waals surface area contributed by atoms with Gasteiger partial charge in [-0.25, -0.2) is 14.6 Å². The Bertz CT molecular complexity index is 1220. The summed E-state index contributed by atoms with van der Waals surface area (Å²) < 4.78 is 5.59. The van der Waals surface area contributed by atoms with Crippen molar-refractivity contribution in [3.05, 3.63) is 83.8 Å². The monoisotopic (exact) mass is 464 g/mol. The first-order valence-electron chi connectivity index (χ1n) is 10.2. The molecule has 1 unspecified atom stereocenters. The minimum Gasteiger partial charge on any atom is -0.493 e. The molecule has 0 saturated carbocycles. The molecule has 2 aliphatic heterocycles. The Labute approximate surface area is 193 Å². The smallest absolute Gasteiger partial charge is 0.429 e. The molecule has 4 rings (SSSR count). The van der Waals surface area contributed by atoms with Crippen molar-refractivity contribution in [1.82, 2.24) is 5.01 Å². The summed E-state index contributed by atoms with van der Waals surface area (Å²) in [7, 11) is 0. The first-order chi connectivity index (χ1) is 16.3. The highest BCUT2D eigenvalue weighted by Gasteiger charge is 2.45. The van der Waals surface area contributed by atoms with Gasteiger partial charge in [0.05, 0.1) is 22.5 Å². The van der Waals surface area contributed by atoms with Gasteiger partial charge < -0.3 is 20.1 Å². The van der Waals surface area contributed by atoms with Crippen LogP contribution in [0.1, 0.15) is 6.92 Å². The Kier molecular flexibility index (Phi) is 6.02. The lowest BCUT2D eigenvalue weighted by Gasteiger charge is -2.30. The molecule has 11 nitrogen and oxygen atoms in total. The molecule has 0 radical (unpaired) electrons. The van der Waals surface area contributed by atoms with Gasteiger partial charge in [0.15, 0.2) is 11.9 Å². The average molecular weight is 464 g/mol. The van der Waals surface area contributed by atoms with Crippen molar-refractivity contribution in [3.63, 3.8) is 0 Å². The maximum Gasteiger partial charge on any atom is 0.429 e. The van der Waals surface area contributed by atoms with E-state index in [4.69, 9.17) is 4.74 Å². The van der Waals surface area contributed by atoms with E-state index in [1.54, 1.807) is 67.6 Å². The normalized spacial score (nSPS) is 19.3. The molecule has 0 aliphatic carbocycles. The van der Waals surface area contributed by atoms with Crippen LogP contribution < -0.4 is 10.0 Å². The summed E-state index contributed by atoms with van der Waals surface area (Å²) in [6.07, 6.45) is -1.67. The molecule has 0 bridgehead atoms. The Morgan fingerprint density at radius 1 is 1.03 bits per heavy atom. The van der Waals surface area contributed by atoms with Gasteiger partial charge in [-0.15, -0.1) is 0 Å². The second-order valence-electron chi connectivity index (χ2n) is 7.13. The van der Waals surface area contributed by atoms with Gasteiger partial charge in [-0.3, -0.25) is 4.79 Å². The maximum absolute atomic E-state index is 13.1. The third-order valence-corrected chi connectivity index (χ3v) is 5.06. The van der Waals surface area contributed by atoms with Crippen molar-refractivity contribution >= 4 is 35.1 Å². The standard InChI is InChI=1S/C23H20N4O7/c1-2-34-21-17(20(29)26(27(21)23(32)33)15-11-7-4-8-12-15)13-16-18(22(30)31)24-25(19(16)28)14-9-5-3-6-10-14/h3-13,21,29H,2H2,1H3,(H,30,31)(H,32,33). The van der Waals surface area contributed by atoms with E-state index in [2.05, 4.69) is 5.10 Å². The molecule has 0 fully saturated rings. The third kappa shape index (κ3) is 3.84. The van der Waals surface area contributed by atoms with Crippen LogP contribution in [0.2, 0.25) is 0 Å². The minimum atomic E-state index is -1.46. The Morgan fingerprint density at radius 2 is 1.62 bits per heavy atom. The highest BCUT2D eigenvalue weighted by atomic mass is 16.5. The molecule has 2 aliphatic rings. The number of benzene rings is 2. The van der Waals surface area contributed by atoms with Gasteiger partial charge in [0.25, 0.3) is 5.91 Å². The van der Waals surface area contributed by atoms with Crippen LogP contribution in [0.15, 0.2) is 88.9 Å². The van der Waals surface area contributed by atoms with Gasteiger partial charge in [0.1, 0.15) is 0 Å². The fraction of sp³-hybridized carbons (Fsp3) is 0.130. The zero-order chi connectivity index (χ0) is 24.4. The molecule has 2 amide bonds. The highest BCUT2D eigenvalue weighted by Crippen LogP contribution is 2.36. The van der Waals surface area contributed by atoms with E-state index in [1.165, 1.54) is 0 Å².